The first-order valence-electron chi connectivity index (χ1n) is 19.6. The number of amides is 2. The van der Waals surface area contributed by atoms with Crippen molar-refractivity contribution in [2.45, 2.75) is 133 Å². The Kier molecular flexibility index (Phi) is 9.28. The number of carbonyl (C=O) groups is 4. The third-order valence-corrected chi connectivity index (χ3v) is 13.4. The number of hydrogen-bond acceptors (Lipinski definition) is 9. The lowest BCUT2D eigenvalue weighted by Gasteiger charge is -2.60. The molecule has 50 heavy (non-hydrogen) atoms. The third kappa shape index (κ3) is 6.29. The first-order valence-corrected chi connectivity index (χ1v) is 19.6. The zero-order chi connectivity index (χ0) is 34.9. The summed E-state index contributed by atoms with van der Waals surface area (Å²) in [7, 11) is 0. The van der Waals surface area contributed by atoms with Crippen molar-refractivity contribution in [3.63, 3.8) is 0 Å². The number of ether oxygens (including phenoxy) is 2. The van der Waals surface area contributed by atoms with Crippen molar-refractivity contribution in [3.8, 4) is 0 Å². The summed E-state index contributed by atoms with van der Waals surface area (Å²) >= 11 is 0. The van der Waals surface area contributed by atoms with E-state index in [0.717, 1.165) is 51.7 Å². The number of fused-ring (bicyclic) bond motifs is 5. The number of likely N-dealkylation sites (tertiary alicyclic amines) is 2. The van der Waals surface area contributed by atoms with Crippen molar-refractivity contribution in [1.82, 2.24) is 25.3 Å². The molecule has 2 N–H and O–H groups in total. The summed E-state index contributed by atoms with van der Waals surface area (Å²) in [6.07, 6.45) is 7.85. The third-order valence-electron chi connectivity index (χ3n) is 13.4. The van der Waals surface area contributed by atoms with Crippen molar-refractivity contribution < 1.29 is 33.0 Å². The summed E-state index contributed by atoms with van der Waals surface area (Å²) in [6, 6.07) is -1.30. The molecule has 0 radical (unpaired) electrons. The van der Waals surface area contributed by atoms with Crippen molar-refractivity contribution in [1.29, 1.82) is 0 Å². The van der Waals surface area contributed by atoms with E-state index in [1.54, 1.807) is 31.9 Å². The number of alkyl carbamates (subject to hydrolysis) is 1. The molecule has 0 bridgehead atoms. The van der Waals surface area contributed by atoms with Crippen molar-refractivity contribution in [2.24, 2.45) is 29.6 Å². The summed E-state index contributed by atoms with van der Waals surface area (Å²) in [5.41, 5.74) is -0.530. The second kappa shape index (κ2) is 13.4. The van der Waals surface area contributed by atoms with Crippen LogP contribution in [0.1, 0.15) is 85.0 Å². The Morgan fingerprint density at radius 1 is 0.960 bits per heavy atom. The molecule has 0 aromatic heterocycles. The predicted octanol–water partition coefficient (Wildman–Crippen LogP) is 3.21. The Morgan fingerprint density at radius 3 is 2.52 bits per heavy atom. The molecule has 11 nitrogen and oxygen atoms in total. The number of carbonyl (C=O) groups excluding carboxylic acids is 4. The summed E-state index contributed by atoms with van der Waals surface area (Å²) < 4.78 is 28.7. The zero-order valence-corrected chi connectivity index (χ0v) is 30.0. The molecule has 8 rings (SSSR count). The van der Waals surface area contributed by atoms with Gasteiger partial charge in [0.05, 0.1) is 41.9 Å². The standard InChI is InChI=1S/C38H56FN5O6/c1-38(2,3)50-37(48)41-21-10-14-43(19-21)36(47)27-20-44-29-17-24-22-8-4-5-9-23(22)33(45)25(24)18-30(29)49-35-31(40-11-15-42-12-6-7-13-42)28(39)16-26(32(35)44)34(27)46/h20-26,28-32,35,40H,4-19H2,1-3H3,(H,41,48)/t21-,22?,23?,24?,25?,26?,28?,29?,30?,31?,32?,35?/m0/s1. The van der Waals surface area contributed by atoms with Gasteiger partial charge in [0, 0.05) is 50.1 Å². The van der Waals surface area contributed by atoms with Gasteiger partial charge in [-0.15, -0.1) is 0 Å². The van der Waals surface area contributed by atoms with Crippen molar-refractivity contribution in [3.05, 3.63) is 11.8 Å². The Balaban J connectivity index is 1.06. The molecule has 4 heterocycles. The fourth-order valence-corrected chi connectivity index (χ4v) is 11.2. The Morgan fingerprint density at radius 2 is 1.74 bits per heavy atom. The molecule has 7 fully saturated rings. The summed E-state index contributed by atoms with van der Waals surface area (Å²) in [6.45, 7) is 9.71. The van der Waals surface area contributed by atoms with E-state index in [1.807, 2.05) is 0 Å². The molecular formula is C38H56FN5O6. The van der Waals surface area contributed by atoms with Gasteiger partial charge in [-0.05, 0) is 97.1 Å². The summed E-state index contributed by atoms with van der Waals surface area (Å²) in [4.78, 5) is 60.9. The van der Waals surface area contributed by atoms with E-state index < -0.39 is 35.9 Å². The smallest absolute Gasteiger partial charge is 0.407 e. The normalized spacial score (nSPS) is 41.2. The van der Waals surface area contributed by atoms with Gasteiger partial charge in [0.15, 0.2) is 5.78 Å². The van der Waals surface area contributed by atoms with Crippen LogP contribution < -0.4 is 10.6 Å². The number of halogens is 1. The second-order valence-corrected chi connectivity index (χ2v) is 17.5. The molecule has 276 valence electrons. The second-order valence-electron chi connectivity index (χ2n) is 17.5. The monoisotopic (exact) mass is 697 g/mol. The Hall–Kier alpha value is -2.57. The van der Waals surface area contributed by atoms with Gasteiger partial charge in [0.1, 0.15) is 17.6 Å². The van der Waals surface area contributed by atoms with Gasteiger partial charge in [0.25, 0.3) is 5.91 Å². The quantitative estimate of drug-likeness (QED) is 0.404. The topological polar surface area (TPSA) is 121 Å². The van der Waals surface area contributed by atoms with Crippen LogP contribution in [0.15, 0.2) is 11.8 Å². The van der Waals surface area contributed by atoms with Gasteiger partial charge in [-0.25, -0.2) is 9.18 Å². The predicted molar refractivity (Wildman–Crippen MR) is 183 cm³/mol. The molecule has 11 unspecified atom stereocenters. The Bertz CT molecular complexity index is 1400. The van der Waals surface area contributed by atoms with Crippen LogP contribution in [0.25, 0.3) is 0 Å². The zero-order valence-electron chi connectivity index (χ0n) is 30.0. The molecule has 3 saturated heterocycles. The van der Waals surface area contributed by atoms with Gasteiger partial charge >= 0.3 is 6.09 Å². The molecule has 0 spiro atoms. The van der Waals surface area contributed by atoms with E-state index in [0.29, 0.717) is 37.6 Å². The average Bonchev–Trinajstić information content (AvgIpc) is 3.82. The lowest BCUT2D eigenvalue weighted by Crippen LogP contribution is -2.73. The van der Waals surface area contributed by atoms with E-state index in [9.17, 15) is 19.2 Å². The summed E-state index contributed by atoms with van der Waals surface area (Å²) in [5.74, 6) is -0.175. The SMILES string of the molecule is CC(C)(C)OC(=O)N[C@H]1CCN(C(=O)C2=CN3C4CC5C(CC4OC4C(NCCN6CCCC6)C(F)CC(C2=O)C43)C(=O)C2CCCCC25)C1. The van der Waals surface area contributed by atoms with Gasteiger partial charge in [-0.2, -0.15) is 0 Å². The highest BCUT2D eigenvalue weighted by molar-refractivity contribution is 6.20. The minimum absolute atomic E-state index is 0.0291. The highest BCUT2D eigenvalue weighted by Crippen LogP contribution is 2.56. The molecule has 4 aliphatic carbocycles. The van der Waals surface area contributed by atoms with Gasteiger partial charge in [0.2, 0.25) is 0 Å². The fourth-order valence-electron chi connectivity index (χ4n) is 11.2. The van der Waals surface area contributed by atoms with Crippen LogP contribution in [0.4, 0.5) is 9.18 Å². The maximum atomic E-state index is 16.4. The fraction of sp³-hybridized carbons (Fsp3) is 0.842. The molecule has 12 atom stereocenters. The number of morpholine rings is 1. The molecule has 2 amide bonds. The van der Waals surface area contributed by atoms with Crippen LogP contribution in [0.5, 0.6) is 0 Å². The van der Waals surface area contributed by atoms with Crippen LogP contribution in [0.3, 0.4) is 0 Å². The minimum Gasteiger partial charge on any atom is -0.444 e. The van der Waals surface area contributed by atoms with Crippen LogP contribution >= 0.6 is 0 Å². The number of ketones is 2. The van der Waals surface area contributed by atoms with E-state index in [1.165, 1.54) is 12.8 Å². The maximum Gasteiger partial charge on any atom is 0.407 e. The Labute approximate surface area is 295 Å². The molecule has 0 aromatic carbocycles. The van der Waals surface area contributed by atoms with E-state index in [-0.39, 0.29) is 72.2 Å². The number of nitrogens with one attached hydrogen (secondary N) is 2. The van der Waals surface area contributed by atoms with E-state index >= 15 is 4.39 Å². The van der Waals surface area contributed by atoms with E-state index in [4.69, 9.17) is 9.47 Å². The molecule has 12 heteroatoms. The van der Waals surface area contributed by atoms with Crippen molar-refractivity contribution in [2.75, 3.05) is 39.3 Å². The molecule has 4 saturated carbocycles. The lowest BCUT2D eigenvalue weighted by atomic mass is 9.66. The van der Waals surface area contributed by atoms with Gasteiger partial charge in [-0.3, -0.25) is 14.4 Å². The number of alkyl halides is 1. The minimum atomic E-state index is -1.31. The first-order chi connectivity index (χ1) is 24.0. The number of rotatable bonds is 6. The van der Waals surface area contributed by atoms with Crippen LogP contribution in [0.2, 0.25) is 0 Å². The molecule has 4 aliphatic heterocycles. The lowest BCUT2D eigenvalue weighted by molar-refractivity contribution is -0.206. The number of Topliss-reactive ketones (excluding diaryl/α,β-unsaturated/α-hetero) is 2. The van der Waals surface area contributed by atoms with Crippen LogP contribution in [-0.2, 0) is 23.9 Å². The molecule has 0 aromatic rings. The highest BCUT2D eigenvalue weighted by atomic mass is 19.1. The molecule has 8 aliphatic rings. The maximum absolute atomic E-state index is 16.4. The highest BCUT2D eigenvalue weighted by Gasteiger charge is 2.62. The van der Waals surface area contributed by atoms with Gasteiger partial charge < -0.3 is 34.8 Å². The van der Waals surface area contributed by atoms with Crippen LogP contribution in [-0.4, -0.2) is 126 Å². The number of nitrogens with zero attached hydrogens (tertiary/aromatic N) is 3. The van der Waals surface area contributed by atoms with Crippen LogP contribution in [0, 0.1) is 29.6 Å². The summed E-state index contributed by atoms with van der Waals surface area (Å²) in [5, 5.41) is 6.39. The first kappa shape index (κ1) is 34.5. The number of hydrogen-bond donors (Lipinski definition) is 2. The van der Waals surface area contributed by atoms with Crippen molar-refractivity contribution >= 4 is 23.6 Å². The van der Waals surface area contributed by atoms with Gasteiger partial charge in [-0.1, -0.05) is 12.8 Å². The van der Waals surface area contributed by atoms with E-state index in [2.05, 4.69) is 20.4 Å². The average molecular weight is 698 g/mol. The molecular weight excluding hydrogens is 641 g/mol. The largest absolute Gasteiger partial charge is 0.444 e.